The molecule has 3 heterocycles. The van der Waals surface area contributed by atoms with Crippen molar-refractivity contribution in [2.45, 2.75) is 12.0 Å². The number of carbonyl (C=O) groups is 1. The smallest absolute Gasteiger partial charge is 0.340 e. The van der Waals surface area contributed by atoms with Crippen LogP contribution in [0.2, 0.25) is 5.02 Å². The van der Waals surface area contributed by atoms with Crippen molar-refractivity contribution < 1.29 is 19.4 Å². The summed E-state index contributed by atoms with van der Waals surface area (Å²) in [7, 11) is 1.32. The molecule has 2 aromatic heterocycles. The van der Waals surface area contributed by atoms with Crippen LogP contribution in [0.15, 0.2) is 24.4 Å². The first-order valence-corrected chi connectivity index (χ1v) is 6.63. The molecule has 2 aromatic rings. The molecule has 0 bridgehead atoms. The Morgan fingerprint density at radius 3 is 3.05 bits per heavy atom. The van der Waals surface area contributed by atoms with Crippen molar-refractivity contribution in [3.63, 3.8) is 0 Å². The number of rotatable bonds is 2. The van der Waals surface area contributed by atoms with Crippen LogP contribution >= 0.6 is 11.6 Å². The van der Waals surface area contributed by atoms with Crippen LogP contribution in [0.25, 0.3) is 5.52 Å². The molecule has 20 heavy (non-hydrogen) atoms. The van der Waals surface area contributed by atoms with Gasteiger partial charge in [-0.25, -0.2) is 4.79 Å². The third-order valence-corrected chi connectivity index (χ3v) is 3.93. The third-order valence-electron chi connectivity index (χ3n) is 3.62. The molecule has 3 rings (SSSR count). The number of hydrogen-bond acceptors (Lipinski definition) is 4. The van der Waals surface area contributed by atoms with Crippen LogP contribution in [0.4, 0.5) is 0 Å². The zero-order valence-corrected chi connectivity index (χ0v) is 11.7. The first kappa shape index (κ1) is 13.4. The number of methoxy groups -OCH3 is 1. The Bertz CT molecular complexity index is 673. The van der Waals surface area contributed by atoms with Gasteiger partial charge >= 0.3 is 5.97 Å². The van der Waals surface area contributed by atoms with Crippen molar-refractivity contribution in [2.24, 2.45) is 0 Å². The lowest BCUT2D eigenvalue weighted by molar-refractivity contribution is 0.0188. The number of ether oxygens (including phenoxy) is 2. The van der Waals surface area contributed by atoms with Gasteiger partial charge in [-0.05, 0) is 18.2 Å². The number of aromatic nitrogens is 1. The van der Waals surface area contributed by atoms with Crippen LogP contribution in [0.1, 0.15) is 22.5 Å². The fourth-order valence-electron chi connectivity index (χ4n) is 2.60. The highest BCUT2D eigenvalue weighted by Gasteiger charge is 2.38. The molecule has 1 fully saturated rings. The molecule has 1 aliphatic heterocycles. The summed E-state index contributed by atoms with van der Waals surface area (Å²) in [5, 5.41) is 11.1. The average molecular weight is 296 g/mol. The summed E-state index contributed by atoms with van der Waals surface area (Å²) >= 11 is 6.19. The van der Waals surface area contributed by atoms with Crippen molar-refractivity contribution in [2.75, 3.05) is 20.3 Å². The summed E-state index contributed by atoms with van der Waals surface area (Å²) in [4.78, 5) is 11.9. The lowest BCUT2D eigenvalue weighted by atomic mass is 9.99. The SMILES string of the molecule is COC(=O)c1cc(C2(O)CCOC2)n2cccc(Cl)c12. The highest BCUT2D eigenvalue weighted by Crippen LogP contribution is 2.35. The Balaban J connectivity index is 2.29. The number of nitrogens with zero attached hydrogens (tertiary/aromatic N) is 1. The molecule has 5 nitrogen and oxygen atoms in total. The van der Waals surface area contributed by atoms with E-state index in [1.165, 1.54) is 7.11 Å². The number of carbonyl (C=O) groups excluding carboxylic acids is 1. The molecule has 1 N–H and O–H groups in total. The monoisotopic (exact) mass is 295 g/mol. The Kier molecular flexibility index (Phi) is 3.20. The number of esters is 1. The van der Waals surface area contributed by atoms with E-state index in [0.717, 1.165) is 0 Å². The van der Waals surface area contributed by atoms with Gasteiger partial charge in [-0.3, -0.25) is 0 Å². The van der Waals surface area contributed by atoms with E-state index in [0.29, 0.717) is 34.8 Å². The van der Waals surface area contributed by atoms with Gasteiger partial charge in [0.2, 0.25) is 0 Å². The fourth-order valence-corrected chi connectivity index (χ4v) is 2.86. The Hall–Kier alpha value is -1.56. The maximum absolute atomic E-state index is 11.9. The van der Waals surface area contributed by atoms with Crippen molar-refractivity contribution in [1.82, 2.24) is 4.40 Å². The van der Waals surface area contributed by atoms with Crippen LogP contribution < -0.4 is 0 Å². The van der Waals surface area contributed by atoms with Crippen molar-refractivity contribution in [3.05, 3.63) is 40.7 Å². The van der Waals surface area contributed by atoms with E-state index in [2.05, 4.69) is 0 Å². The fraction of sp³-hybridized carbons (Fsp3) is 0.357. The normalized spacial score (nSPS) is 22.4. The first-order valence-electron chi connectivity index (χ1n) is 6.25. The van der Waals surface area contributed by atoms with E-state index in [9.17, 15) is 9.90 Å². The van der Waals surface area contributed by atoms with E-state index in [-0.39, 0.29) is 6.61 Å². The second-order valence-electron chi connectivity index (χ2n) is 4.84. The second kappa shape index (κ2) is 4.77. The number of hydrogen-bond donors (Lipinski definition) is 1. The molecular formula is C14H14ClNO4. The zero-order valence-electron chi connectivity index (χ0n) is 10.9. The number of halogens is 1. The van der Waals surface area contributed by atoms with Crippen molar-refractivity contribution in [1.29, 1.82) is 0 Å². The summed E-state index contributed by atoms with van der Waals surface area (Å²) in [6.07, 6.45) is 2.24. The van der Waals surface area contributed by atoms with E-state index in [1.807, 2.05) is 0 Å². The molecule has 106 valence electrons. The average Bonchev–Trinajstić information content (AvgIpc) is 3.03. The van der Waals surface area contributed by atoms with Gasteiger partial charge < -0.3 is 19.0 Å². The van der Waals surface area contributed by atoms with E-state index in [1.54, 1.807) is 28.8 Å². The summed E-state index contributed by atoms with van der Waals surface area (Å²) in [6, 6.07) is 5.09. The van der Waals surface area contributed by atoms with Crippen LogP contribution in [-0.4, -0.2) is 35.8 Å². The van der Waals surface area contributed by atoms with E-state index in [4.69, 9.17) is 21.1 Å². The topological polar surface area (TPSA) is 60.2 Å². The molecule has 0 spiro atoms. The van der Waals surface area contributed by atoms with Gasteiger partial charge in [-0.2, -0.15) is 0 Å². The van der Waals surface area contributed by atoms with Crippen molar-refractivity contribution >= 4 is 23.1 Å². The van der Waals surface area contributed by atoms with Crippen LogP contribution in [0.5, 0.6) is 0 Å². The number of fused-ring (bicyclic) bond motifs is 1. The molecular weight excluding hydrogens is 282 g/mol. The minimum Gasteiger partial charge on any atom is -0.465 e. The predicted molar refractivity (Wildman–Crippen MR) is 73.1 cm³/mol. The zero-order chi connectivity index (χ0) is 14.3. The molecule has 1 unspecified atom stereocenters. The van der Waals surface area contributed by atoms with E-state index >= 15 is 0 Å². The largest absolute Gasteiger partial charge is 0.465 e. The van der Waals surface area contributed by atoms with Gasteiger partial charge in [0, 0.05) is 19.2 Å². The summed E-state index contributed by atoms with van der Waals surface area (Å²) in [6.45, 7) is 0.685. The highest BCUT2D eigenvalue weighted by atomic mass is 35.5. The van der Waals surface area contributed by atoms with Gasteiger partial charge in [0.1, 0.15) is 5.60 Å². The first-order chi connectivity index (χ1) is 9.57. The molecule has 1 saturated heterocycles. The Labute approximate surface area is 120 Å². The van der Waals surface area contributed by atoms with Gasteiger partial charge in [-0.15, -0.1) is 0 Å². The molecule has 0 radical (unpaired) electrons. The molecule has 1 aliphatic rings. The molecule has 0 amide bonds. The molecule has 1 atom stereocenters. The number of pyridine rings is 1. The quantitative estimate of drug-likeness (QED) is 0.861. The van der Waals surface area contributed by atoms with Crippen molar-refractivity contribution in [3.8, 4) is 0 Å². The Morgan fingerprint density at radius 2 is 2.40 bits per heavy atom. The summed E-state index contributed by atoms with van der Waals surface area (Å²) in [5.74, 6) is -0.482. The van der Waals surface area contributed by atoms with Gasteiger partial charge in [-0.1, -0.05) is 11.6 Å². The van der Waals surface area contributed by atoms with E-state index < -0.39 is 11.6 Å². The van der Waals surface area contributed by atoms with Gasteiger partial charge in [0.15, 0.2) is 0 Å². The molecule has 0 aromatic carbocycles. The highest BCUT2D eigenvalue weighted by molar-refractivity contribution is 6.34. The Morgan fingerprint density at radius 1 is 1.60 bits per heavy atom. The van der Waals surface area contributed by atoms with Crippen LogP contribution in [0.3, 0.4) is 0 Å². The minimum absolute atomic E-state index is 0.201. The van der Waals surface area contributed by atoms with Gasteiger partial charge in [0.25, 0.3) is 0 Å². The lowest BCUT2D eigenvalue weighted by Crippen LogP contribution is -2.27. The summed E-state index contributed by atoms with van der Waals surface area (Å²) < 4.78 is 11.8. The third kappa shape index (κ3) is 1.90. The molecule has 6 heteroatoms. The molecule has 0 saturated carbocycles. The summed E-state index contributed by atoms with van der Waals surface area (Å²) in [5.41, 5.74) is 0.359. The maximum Gasteiger partial charge on any atom is 0.340 e. The van der Waals surface area contributed by atoms with Crippen LogP contribution in [-0.2, 0) is 15.1 Å². The lowest BCUT2D eigenvalue weighted by Gasteiger charge is -2.20. The van der Waals surface area contributed by atoms with Crippen LogP contribution in [0, 0.1) is 0 Å². The number of aliphatic hydroxyl groups is 1. The maximum atomic E-state index is 11.9. The second-order valence-corrected chi connectivity index (χ2v) is 5.25. The minimum atomic E-state index is -1.11. The predicted octanol–water partition coefficient (Wildman–Crippen LogP) is 1.99. The van der Waals surface area contributed by atoms with Gasteiger partial charge in [0.05, 0.1) is 35.5 Å². The molecule has 0 aliphatic carbocycles. The standard InChI is InChI=1S/C14H14ClNO4/c1-19-13(17)9-7-11(14(18)4-6-20-8-14)16-5-2-3-10(15)12(9)16/h2-3,5,7,18H,4,6,8H2,1H3.